The van der Waals surface area contributed by atoms with Crippen LogP contribution in [-0.2, 0) is 4.74 Å². The molecule has 1 saturated heterocycles. The number of alkyl halides is 2. The molecule has 11 heteroatoms. The summed E-state index contributed by atoms with van der Waals surface area (Å²) in [5.74, 6) is -1.10. The largest absolute Gasteiger partial charge is 0.421 e. The molecular weight excluding hydrogens is 425 g/mol. The summed E-state index contributed by atoms with van der Waals surface area (Å²) in [6, 6.07) is 12.2. The van der Waals surface area contributed by atoms with Crippen LogP contribution >= 0.6 is 0 Å². The number of imidazole rings is 1. The second kappa shape index (κ2) is 8.42. The molecule has 0 radical (unpaired) electrons. The highest BCUT2D eigenvalue weighted by atomic mass is 19.3. The van der Waals surface area contributed by atoms with Crippen LogP contribution in [0.4, 0.5) is 19.1 Å². The summed E-state index contributed by atoms with van der Waals surface area (Å²) < 4.78 is 53.9. The molecule has 0 spiro atoms. The van der Waals surface area contributed by atoms with Crippen molar-refractivity contribution in [1.29, 1.82) is 0 Å². The van der Waals surface area contributed by atoms with Crippen LogP contribution in [0.2, 0.25) is 0 Å². The van der Waals surface area contributed by atoms with E-state index in [9.17, 15) is 13.2 Å². The summed E-state index contributed by atoms with van der Waals surface area (Å²) in [4.78, 5) is 18.8. The molecule has 0 amide bonds. The van der Waals surface area contributed by atoms with Crippen LogP contribution in [-0.4, -0.2) is 50.8 Å². The number of benzene rings is 2. The number of hydrogen-bond acceptors (Lipinski definition) is 7. The number of fused-ring (bicyclic) bond motifs is 1. The molecule has 8 nitrogen and oxygen atoms in total. The molecule has 32 heavy (non-hydrogen) atoms. The zero-order valence-corrected chi connectivity index (χ0v) is 16.7. The summed E-state index contributed by atoms with van der Waals surface area (Å²) in [6.45, 7) is 1.91. The van der Waals surface area contributed by atoms with Gasteiger partial charge in [-0.15, -0.1) is 0 Å². The SMILES string of the molecule is Fc1ccccc1Oc1nc(N2CCOCC2)nc(-n2c(C(F)F)nc3ccccc32)n1. The fourth-order valence-electron chi connectivity index (χ4n) is 3.41. The van der Waals surface area contributed by atoms with Gasteiger partial charge in [0.1, 0.15) is 0 Å². The number of aromatic nitrogens is 5. The Bertz CT molecular complexity index is 1260. The van der Waals surface area contributed by atoms with E-state index in [0.29, 0.717) is 37.3 Å². The molecule has 1 aliphatic heterocycles. The van der Waals surface area contributed by atoms with Gasteiger partial charge in [0, 0.05) is 13.1 Å². The van der Waals surface area contributed by atoms with Gasteiger partial charge in [0.25, 0.3) is 6.43 Å². The Morgan fingerprint density at radius 3 is 2.38 bits per heavy atom. The fourth-order valence-corrected chi connectivity index (χ4v) is 3.41. The van der Waals surface area contributed by atoms with Crippen molar-refractivity contribution >= 4 is 17.0 Å². The number of hydrogen-bond donors (Lipinski definition) is 0. The molecule has 1 aliphatic rings. The van der Waals surface area contributed by atoms with Crippen molar-refractivity contribution in [3.63, 3.8) is 0 Å². The highest BCUT2D eigenvalue weighted by Crippen LogP contribution is 2.29. The van der Waals surface area contributed by atoms with Gasteiger partial charge in [-0.05, 0) is 24.3 Å². The van der Waals surface area contributed by atoms with E-state index in [0.717, 1.165) is 0 Å². The van der Waals surface area contributed by atoms with Gasteiger partial charge < -0.3 is 14.4 Å². The summed E-state index contributed by atoms with van der Waals surface area (Å²) >= 11 is 0. The predicted molar refractivity (Wildman–Crippen MR) is 109 cm³/mol. The molecule has 0 saturated carbocycles. The van der Waals surface area contributed by atoms with Gasteiger partial charge in [0.2, 0.25) is 11.9 Å². The average Bonchev–Trinajstić information content (AvgIpc) is 3.21. The molecule has 5 rings (SSSR count). The Morgan fingerprint density at radius 2 is 1.59 bits per heavy atom. The van der Waals surface area contributed by atoms with Crippen LogP contribution in [0.1, 0.15) is 12.2 Å². The van der Waals surface area contributed by atoms with Crippen LogP contribution in [0.25, 0.3) is 17.0 Å². The van der Waals surface area contributed by atoms with E-state index in [-0.39, 0.29) is 23.7 Å². The summed E-state index contributed by atoms with van der Waals surface area (Å²) in [7, 11) is 0. The Kier molecular flexibility index (Phi) is 5.31. The Hall–Kier alpha value is -3.73. The molecule has 0 bridgehead atoms. The van der Waals surface area contributed by atoms with Crippen LogP contribution in [0.3, 0.4) is 0 Å². The van der Waals surface area contributed by atoms with E-state index in [1.165, 1.54) is 22.8 Å². The van der Waals surface area contributed by atoms with Gasteiger partial charge in [0.05, 0.1) is 24.2 Å². The third kappa shape index (κ3) is 3.82. The van der Waals surface area contributed by atoms with Crippen molar-refractivity contribution in [2.24, 2.45) is 0 Å². The standard InChI is InChI=1S/C21H17F3N6O2/c22-13-5-1-4-8-16(13)32-21-27-19(29-9-11-31-12-10-29)26-20(28-21)30-15-7-3-2-6-14(15)25-18(30)17(23)24/h1-8,17H,9-12H2. The first-order valence-electron chi connectivity index (χ1n) is 9.87. The second-order valence-electron chi connectivity index (χ2n) is 6.94. The predicted octanol–water partition coefficient (Wildman–Crippen LogP) is 3.92. The van der Waals surface area contributed by atoms with Gasteiger partial charge in [0.15, 0.2) is 17.4 Å². The summed E-state index contributed by atoms with van der Waals surface area (Å²) in [5.41, 5.74) is 0.770. The quantitative estimate of drug-likeness (QED) is 0.464. The minimum atomic E-state index is -2.87. The molecule has 2 aromatic carbocycles. The number of rotatable bonds is 5. The second-order valence-corrected chi connectivity index (χ2v) is 6.94. The van der Waals surface area contributed by atoms with Crippen molar-refractivity contribution in [1.82, 2.24) is 24.5 Å². The van der Waals surface area contributed by atoms with Gasteiger partial charge >= 0.3 is 6.01 Å². The maximum absolute atomic E-state index is 14.1. The van der Waals surface area contributed by atoms with Crippen LogP contribution in [0, 0.1) is 5.82 Å². The van der Waals surface area contributed by atoms with E-state index < -0.39 is 18.1 Å². The highest BCUT2D eigenvalue weighted by molar-refractivity contribution is 5.77. The smallest absolute Gasteiger partial charge is 0.328 e. The minimum absolute atomic E-state index is 0.0952. The monoisotopic (exact) mass is 442 g/mol. The number of ether oxygens (including phenoxy) is 2. The van der Waals surface area contributed by atoms with E-state index in [2.05, 4.69) is 19.9 Å². The Labute approximate surface area is 180 Å². The van der Waals surface area contributed by atoms with Crippen molar-refractivity contribution in [2.75, 3.05) is 31.2 Å². The lowest BCUT2D eigenvalue weighted by Crippen LogP contribution is -2.37. The Balaban J connectivity index is 1.67. The van der Waals surface area contributed by atoms with Gasteiger partial charge in [-0.2, -0.15) is 15.0 Å². The third-order valence-corrected chi connectivity index (χ3v) is 4.91. The van der Waals surface area contributed by atoms with Crippen LogP contribution in [0.15, 0.2) is 48.5 Å². The molecule has 164 valence electrons. The molecule has 0 atom stereocenters. The van der Waals surface area contributed by atoms with Gasteiger partial charge in [-0.1, -0.05) is 24.3 Å². The lowest BCUT2D eigenvalue weighted by molar-refractivity contribution is 0.122. The van der Waals surface area contributed by atoms with E-state index >= 15 is 0 Å². The number of anilines is 1. The fraction of sp³-hybridized carbons (Fsp3) is 0.238. The molecule has 2 aromatic heterocycles. The summed E-state index contributed by atoms with van der Waals surface area (Å²) in [5, 5.41) is 0. The third-order valence-electron chi connectivity index (χ3n) is 4.91. The van der Waals surface area contributed by atoms with Crippen molar-refractivity contribution in [3.8, 4) is 17.7 Å². The van der Waals surface area contributed by atoms with E-state index in [4.69, 9.17) is 9.47 Å². The number of halogens is 3. The first-order chi connectivity index (χ1) is 15.6. The van der Waals surface area contributed by atoms with E-state index in [1.54, 1.807) is 30.3 Å². The Morgan fingerprint density at radius 1 is 0.875 bits per heavy atom. The molecular formula is C21H17F3N6O2. The van der Waals surface area contributed by atoms with Crippen LogP contribution < -0.4 is 9.64 Å². The van der Waals surface area contributed by atoms with Gasteiger partial charge in [-0.3, -0.25) is 4.57 Å². The van der Waals surface area contributed by atoms with Crippen molar-refractivity contribution < 1.29 is 22.6 Å². The molecule has 0 N–H and O–H groups in total. The molecule has 3 heterocycles. The maximum Gasteiger partial charge on any atom is 0.328 e. The maximum atomic E-state index is 14.1. The van der Waals surface area contributed by atoms with E-state index in [1.807, 2.05) is 4.90 Å². The zero-order chi connectivity index (χ0) is 22.1. The normalized spacial score (nSPS) is 14.3. The topological polar surface area (TPSA) is 78.2 Å². The summed E-state index contributed by atoms with van der Waals surface area (Å²) in [6.07, 6.45) is -2.87. The number of nitrogens with zero attached hydrogens (tertiary/aromatic N) is 6. The number of para-hydroxylation sites is 3. The lowest BCUT2D eigenvalue weighted by Gasteiger charge is -2.27. The zero-order valence-electron chi connectivity index (χ0n) is 16.7. The van der Waals surface area contributed by atoms with Crippen molar-refractivity contribution in [3.05, 3.63) is 60.2 Å². The highest BCUT2D eigenvalue weighted by Gasteiger charge is 2.25. The molecule has 0 unspecified atom stereocenters. The lowest BCUT2D eigenvalue weighted by atomic mass is 10.3. The molecule has 1 fully saturated rings. The number of morpholine rings is 1. The molecule has 4 aromatic rings. The first-order valence-corrected chi connectivity index (χ1v) is 9.87. The van der Waals surface area contributed by atoms with Crippen LogP contribution in [0.5, 0.6) is 11.8 Å². The van der Waals surface area contributed by atoms with Crippen molar-refractivity contribution in [2.45, 2.75) is 6.43 Å². The average molecular weight is 442 g/mol. The van der Waals surface area contributed by atoms with Gasteiger partial charge in [-0.25, -0.2) is 18.2 Å². The molecule has 0 aliphatic carbocycles. The first kappa shape index (κ1) is 20.2. The minimum Gasteiger partial charge on any atom is -0.421 e.